The topological polar surface area (TPSA) is 64.8 Å². The molecule has 0 aliphatic carbocycles. The third-order valence-electron chi connectivity index (χ3n) is 3.83. The molecule has 1 atom stereocenters. The van der Waals surface area contributed by atoms with Crippen LogP contribution in [-0.2, 0) is 16.3 Å². The van der Waals surface area contributed by atoms with E-state index >= 15 is 0 Å². The summed E-state index contributed by atoms with van der Waals surface area (Å²) in [7, 11) is -3.10. The highest BCUT2D eigenvalue weighted by atomic mass is 32.2. The maximum absolute atomic E-state index is 12.4. The molecule has 20 heavy (non-hydrogen) atoms. The molecule has 1 fully saturated rings. The number of imidazole rings is 1. The van der Waals surface area contributed by atoms with Crippen LogP contribution < -0.4 is 0 Å². The van der Waals surface area contributed by atoms with Gasteiger partial charge in [-0.3, -0.25) is 4.57 Å². The molecule has 1 aliphatic rings. The summed E-state index contributed by atoms with van der Waals surface area (Å²) in [5, 5.41) is -0.488. The predicted molar refractivity (Wildman–Crippen MR) is 78.2 cm³/mol. The molecule has 0 amide bonds. The molecule has 2 aromatic rings. The van der Waals surface area contributed by atoms with Crippen LogP contribution in [0.3, 0.4) is 0 Å². The number of aryl methyl sites for hydroxylation is 1. The van der Waals surface area contributed by atoms with Crippen LogP contribution in [0, 0.1) is 0 Å². The zero-order valence-corrected chi connectivity index (χ0v) is 12.4. The first-order valence-electron chi connectivity index (χ1n) is 7.17. The van der Waals surface area contributed by atoms with Crippen LogP contribution in [0.25, 0.3) is 11.2 Å². The Hall–Kier alpha value is -1.43. The third kappa shape index (κ3) is 2.22. The zero-order chi connectivity index (χ0) is 14.2. The van der Waals surface area contributed by atoms with E-state index in [1.54, 1.807) is 6.20 Å². The molecule has 1 saturated heterocycles. The van der Waals surface area contributed by atoms with Gasteiger partial charge < -0.3 is 0 Å². The number of fused-ring (bicyclic) bond motifs is 1. The molecule has 108 valence electrons. The molecule has 0 bridgehead atoms. The molecule has 6 heteroatoms. The molecule has 5 nitrogen and oxygen atoms in total. The molecule has 0 spiro atoms. The SMILES string of the molecule is CCCc1nc2cccnc2n1C1CCCCS1(=O)=O. The van der Waals surface area contributed by atoms with Crippen molar-refractivity contribution in [2.75, 3.05) is 5.75 Å². The van der Waals surface area contributed by atoms with E-state index in [1.165, 1.54) is 0 Å². The third-order valence-corrected chi connectivity index (χ3v) is 5.96. The molecule has 0 aromatic carbocycles. The minimum atomic E-state index is -3.10. The fourth-order valence-corrected chi connectivity index (χ4v) is 4.85. The number of hydrogen-bond acceptors (Lipinski definition) is 4. The Morgan fingerprint density at radius 3 is 3.00 bits per heavy atom. The van der Waals surface area contributed by atoms with E-state index < -0.39 is 15.2 Å². The van der Waals surface area contributed by atoms with E-state index in [0.717, 1.165) is 37.0 Å². The van der Waals surface area contributed by atoms with Crippen molar-refractivity contribution in [1.82, 2.24) is 14.5 Å². The fourth-order valence-electron chi connectivity index (χ4n) is 2.91. The number of hydrogen-bond donors (Lipinski definition) is 0. The van der Waals surface area contributed by atoms with Gasteiger partial charge in [-0.25, -0.2) is 18.4 Å². The van der Waals surface area contributed by atoms with Crippen molar-refractivity contribution in [3.63, 3.8) is 0 Å². The van der Waals surface area contributed by atoms with Gasteiger partial charge in [0.25, 0.3) is 0 Å². The fraction of sp³-hybridized carbons (Fsp3) is 0.571. The molecule has 1 unspecified atom stereocenters. The van der Waals surface area contributed by atoms with Crippen LogP contribution in [0.4, 0.5) is 0 Å². The Bertz CT molecular complexity index is 721. The standard InChI is InChI=1S/C14H19N3O2S/c1-2-6-12-16-11-7-5-9-15-14(11)17(12)13-8-3-4-10-20(13,18)19/h5,7,9,13H,2-4,6,8,10H2,1H3. The average Bonchev–Trinajstić information content (AvgIpc) is 2.77. The molecule has 3 heterocycles. The lowest BCUT2D eigenvalue weighted by atomic mass is 10.2. The lowest BCUT2D eigenvalue weighted by Crippen LogP contribution is -2.27. The molecule has 1 aliphatic heterocycles. The Kier molecular flexibility index (Phi) is 3.50. The summed E-state index contributed by atoms with van der Waals surface area (Å²) in [6.45, 7) is 2.08. The van der Waals surface area contributed by atoms with E-state index in [2.05, 4.69) is 16.9 Å². The van der Waals surface area contributed by atoms with Crippen LogP contribution in [0.15, 0.2) is 18.3 Å². The molecule has 2 aromatic heterocycles. The summed E-state index contributed by atoms with van der Waals surface area (Å²) in [6.07, 6.45) is 5.80. The van der Waals surface area contributed by atoms with E-state index in [-0.39, 0.29) is 5.75 Å². The van der Waals surface area contributed by atoms with Crippen molar-refractivity contribution >= 4 is 21.0 Å². The van der Waals surface area contributed by atoms with Gasteiger partial charge in [0.15, 0.2) is 15.5 Å². The second-order valence-corrected chi connectivity index (χ2v) is 7.59. The van der Waals surface area contributed by atoms with Crippen molar-refractivity contribution in [3.8, 4) is 0 Å². The van der Waals surface area contributed by atoms with E-state index in [1.807, 2.05) is 16.7 Å². The second kappa shape index (κ2) is 5.16. The summed E-state index contributed by atoms with van der Waals surface area (Å²) in [5.74, 6) is 1.12. The highest BCUT2D eigenvalue weighted by molar-refractivity contribution is 7.91. The monoisotopic (exact) mass is 293 g/mol. The summed E-state index contributed by atoms with van der Waals surface area (Å²) in [4.78, 5) is 8.94. The first-order chi connectivity index (χ1) is 9.63. The van der Waals surface area contributed by atoms with Crippen LogP contribution in [0.2, 0.25) is 0 Å². The van der Waals surface area contributed by atoms with Gasteiger partial charge in [-0.1, -0.05) is 6.92 Å². The molecule has 3 rings (SSSR count). The smallest absolute Gasteiger partial charge is 0.171 e. The normalized spacial score (nSPS) is 22.1. The van der Waals surface area contributed by atoms with Crippen molar-refractivity contribution in [1.29, 1.82) is 0 Å². The van der Waals surface area contributed by atoms with Crippen molar-refractivity contribution in [3.05, 3.63) is 24.2 Å². The van der Waals surface area contributed by atoms with Gasteiger partial charge >= 0.3 is 0 Å². The Morgan fingerprint density at radius 2 is 2.25 bits per heavy atom. The van der Waals surface area contributed by atoms with Crippen LogP contribution in [-0.4, -0.2) is 28.7 Å². The average molecular weight is 293 g/mol. The van der Waals surface area contributed by atoms with E-state index in [9.17, 15) is 8.42 Å². The Balaban J connectivity index is 2.20. The lowest BCUT2D eigenvalue weighted by Gasteiger charge is -2.25. The first-order valence-corrected chi connectivity index (χ1v) is 8.88. The van der Waals surface area contributed by atoms with Gasteiger partial charge in [0.2, 0.25) is 0 Å². The number of aromatic nitrogens is 3. The molecule has 0 N–H and O–H groups in total. The molecular weight excluding hydrogens is 274 g/mol. The van der Waals surface area contributed by atoms with Crippen molar-refractivity contribution < 1.29 is 8.42 Å². The highest BCUT2D eigenvalue weighted by Crippen LogP contribution is 2.32. The molecule has 0 saturated carbocycles. The van der Waals surface area contributed by atoms with Crippen molar-refractivity contribution in [2.45, 2.75) is 44.4 Å². The minimum absolute atomic E-state index is 0.274. The van der Waals surface area contributed by atoms with Crippen molar-refractivity contribution in [2.24, 2.45) is 0 Å². The Morgan fingerprint density at radius 1 is 1.40 bits per heavy atom. The number of rotatable bonds is 3. The van der Waals surface area contributed by atoms with Gasteiger partial charge in [-0.15, -0.1) is 0 Å². The lowest BCUT2D eigenvalue weighted by molar-refractivity contribution is 0.485. The number of sulfone groups is 1. The van der Waals surface area contributed by atoms with Gasteiger partial charge in [-0.05, 0) is 37.8 Å². The Labute approximate surface area is 119 Å². The number of pyridine rings is 1. The summed E-state index contributed by atoms with van der Waals surface area (Å²) >= 11 is 0. The minimum Gasteiger partial charge on any atom is -0.295 e. The molecule has 0 radical (unpaired) electrons. The van der Waals surface area contributed by atoms with Gasteiger partial charge in [-0.2, -0.15) is 0 Å². The summed E-state index contributed by atoms with van der Waals surface area (Å²) in [5.41, 5.74) is 1.49. The highest BCUT2D eigenvalue weighted by Gasteiger charge is 2.33. The first kappa shape index (κ1) is 13.5. The second-order valence-electron chi connectivity index (χ2n) is 5.31. The maximum Gasteiger partial charge on any atom is 0.171 e. The van der Waals surface area contributed by atoms with Gasteiger partial charge in [0.05, 0.1) is 5.75 Å². The maximum atomic E-state index is 12.4. The van der Waals surface area contributed by atoms with Gasteiger partial charge in [0, 0.05) is 12.6 Å². The quantitative estimate of drug-likeness (QED) is 0.872. The van der Waals surface area contributed by atoms with E-state index in [0.29, 0.717) is 12.1 Å². The van der Waals surface area contributed by atoms with E-state index in [4.69, 9.17) is 0 Å². The zero-order valence-electron chi connectivity index (χ0n) is 11.6. The van der Waals surface area contributed by atoms with Crippen LogP contribution in [0.1, 0.15) is 43.8 Å². The van der Waals surface area contributed by atoms with Crippen LogP contribution >= 0.6 is 0 Å². The van der Waals surface area contributed by atoms with Gasteiger partial charge in [0.1, 0.15) is 16.7 Å². The summed E-state index contributed by atoms with van der Waals surface area (Å²) in [6, 6.07) is 3.73. The molecular formula is C14H19N3O2S. The largest absolute Gasteiger partial charge is 0.295 e. The predicted octanol–water partition coefficient (Wildman–Crippen LogP) is 2.48. The number of nitrogens with zero attached hydrogens (tertiary/aromatic N) is 3. The summed E-state index contributed by atoms with van der Waals surface area (Å²) < 4.78 is 26.7. The van der Waals surface area contributed by atoms with Crippen LogP contribution in [0.5, 0.6) is 0 Å².